The fourth-order valence-corrected chi connectivity index (χ4v) is 3.54. The molecule has 0 radical (unpaired) electrons. The molecule has 0 atom stereocenters. The second-order valence-corrected chi connectivity index (χ2v) is 7.59. The van der Waals surface area contributed by atoms with Crippen molar-refractivity contribution in [3.8, 4) is 0 Å². The first-order valence-electron chi connectivity index (χ1n) is 9.75. The first-order chi connectivity index (χ1) is 14.8. The molecule has 1 N–H and O–H groups in total. The van der Waals surface area contributed by atoms with Gasteiger partial charge in [-0.2, -0.15) is 0 Å². The van der Waals surface area contributed by atoms with Gasteiger partial charge in [0, 0.05) is 11.8 Å². The number of nitrogens with one attached hydrogen (secondary N) is 1. The summed E-state index contributed by atoms with van der Waals surface area (Å²) in [5, 5.41) is 3.07. The standard InChI is InChI=1S/C25H20F2N2O2/c1-14-5-4-6-18(11-14)28-23-22(17-8-7-15(2)16(3)12-17)24(30)29(25(23)31)19-9-10-20(26)21(27)13-19/h4-13,28H,1-3H3. The van der Waals surface area contributed by atoms with Crippen LogP contribution in [-0.2, 0) is 9.59 Å². The van der Waals surface area contributed by atoms with Crippen LogP contribution >= 0.6 is 0 Å². The average molecular weight is 418 g/mol. The second kappa shape index (κ2) is 7.80. The van der Waals surface area contributed by atoms with Gasteiger partial charge in [0.15, 0.2) is 11.6 Å². The zero-order valence-electron chi connectivity index (χ0n) is 17.3. The molecule has 1 heterocycles. The number of carbonyl (C=O) groups is 2. The monoisotopic (exact) mass is 418 g/mol. The van der Waals surface area contributed by atoms with Crippen LogP contribution in [0.25, 0.3) is 5.57 Å². The molecule has 156 valence electrons. The zero-order chi connectivity index (χ0) is 22.3. The van der Waals surface area contributed by atoms with Crippen LogP contribution in [0.3, 0.4) is 0 Å². The molecule has 4 nitrogen and oxygen atoms in total. The van der Waals surface area contributed by atoms with Crippen molar-refractivity contribution in [2.75, 3.05) is 10.2 Å². The number of anilines is 2. The van der Waals surface area contributed by atoms with Crippen LogP contribution in [0.5, 0.6) is 0 Å². The maximum atomic E-state index is 13.8. The molecule has 0 spiro atoms. The minimum atomic E-state index is -1.13. The van der Waals surface area contributed by atoms with Gasteiger partial charge < -0.3 is 5.32 Å². The van der Waals surface area contributed by atoms with E-state index in [1.54, 1.807) is 12.1 Å². The summed E-state index contributed by atoms with van der Waals surface area (Å²) < 4.78 is 27.3. The lowest BCUT2D eigenvalue weighted by molar-refractivity contribution is -0.120. The van der Waals surface area contributed by atoms with E-state index in [1.165, 1.54) is 6.07 Å². The fraction of sp³-hybridized carbons (Fsp3) is 0.120. The second-order valence-electron chi connectivity index (χ2n) is 7.59. The van der Waals surface area contributed by atoms with E-state index in [0.29, 0.717) is 11.3 Å². The Balaban J connectivity index is 1.85. The number of imide groups is 1. The molecule has 0 saturated heterocycles. The van der Waals surface area contributed by atoms with Crippen molar-refractivity contribution in [2.45, 2.75) is 20.8 Å². The van der Waals surface area contributed by atoms with E-state index >= 15 is 0 Å². The zero-order valence-corrected chi connectivity index (χ0v) is 17.3. The molecule has 3 aromatic rings. The first-order valence-corrected chi connectivity index (χ1v) is 9.75. The molecule has 1 aliphatic heterocycles. The van der Waals surface area contributed by atoms with Crippen molar-refractivity contribution < 1.29 is 18.4 Å². The van der Waals surface area contributed by atoms with Crippen LogP contribution in [0.4, 0.5) is 20.2 Å². The number of nitrogens with zero attached hydrogens (tertiary/aromatic N) is 1. The molecule has 4 rings (SSSR count). The lowest BCUT2D eigenvalue weighted by Gasteiger charge is -2.15. The highest BCUT2D eigenvalue weighted by atomic mass is 19.2. The van der Waals surface area contributed by atoms with Gasteiger partial charge in [-0.3, -0.25) is 9.59 Å². The van der Waals surface area contributed by atoms with Crippen LogP contribution in [0.1, 0.15) is 22.3 Å². The molecule has 1 aliphatic rings. The van der Waals surface area contributed by atoms with Crippen molar-refractivity contribution in [3.05, 3.63) is 100 Å². The van der Waals surface area contributed by atoms with E-state index in [-0.39, 0.29) is 17.0 Å². The first kappa shape index (κ1) is 20.5. The maximum absolute atomic E-state index is 13.8. The third kappa shape index (κ3) is 3.72. The fourth-order valence-electron chi connectivity index (χ4n) is 3.54. The molecule has 0 fully saturated rings. The van der Waals surface area contributed by atoms with E-state index in [1.807, 2.05) is 51.1 Å². The Bertz CT molecular complexity index is 1260. The third-order valence-electron chi connectivity index (χ3n) is 5.33. The predicted molar refractivity (Wildman–Crippen MR) is 116 cm³/mol. The molecular weight excluding hydrogens is 398 g/mol. The third-order valence-corrected chi connectivity index (χ3v) is 5.33. The van der Waals surface area contributed by atoms with Crippen LogP contribution < -0.4 is 10.2 Å². The van der Waals surface area contributed by atoms with Crippen molar-refractivity contribution in [3.63, 3.8) is 0 Å². The summed E-state index contributed by atoms with van der Waals surface area (Å²) in [6.07, 6.45) is 0. The Morgan fingerprint density at radius 3 is 2.23 bits per heavy atom. The topological polar surface area (TPSA) is 49.4 Å². The van der Waals surface area contributed by atoms with Gasteiger partial charge in [-0.25, -0.2) is 13.7 Å². The van der Waals surface area contributed by atoms with E-state index in [0.717, 1.165) is 33.7 Å². The van der Waals surface area contributed by atoms with E-state index in [9.17, 15) is 18.4 Å². The van der Waals surface area contributed by atoms with Gasteiger partial charge >= 0.3 is 0 Å². The van der Waals surface area contributed by atoms with Crippen LogP contribution in [0.2, 0.25) is 0 Å². The lowest BCUT2D eigenvalue weighted by atomic mass is 9.99. The minimum Gasteiger partial charge on any atom is -0.350 e. The largest absolute Gasteiger partial charge is 0.350 e. The molecule has 0 aromatic heterocycles. The predicted octanol–water partition coefficient (Wildman–Crippen LogP) is 5.29. The molecule has 31 heavy (non-hydrogen) atoms. The summed E-state index contributed by atoms with van der Waals surface area (Å²) in [6, 6.07) is 15.8. The van der Waals surface area contributed by atoms with E-state index in [4.69, 9.17) is 0 Å². The van der Waals surface area contributed by atoms with Crippen molar-refractivity contribution in [1.82, 2.24) is 0 Å². The Labute approximate surface area is 178 Å². The number of halogens is 2. The van der Waals surface area contributed by atoms with Gasteiger partial charge in [-0.1, -0.05) is 30.3 Å². The normalized spacial score (nSPS) is 13.9. The summed E-state index contributed by atoms with van der Waals surface area (Å²) in [6.45, 7) is 5.79. The smallest absolute Gasteiger partial charge is 0.282 e. The molecule has 0 bridgehead atoms. The number of benzene rings is 3. The molecule has 6 heteroatoms. The summed E-state index contributed by atoms with van der Waals surface area (Å²) in [5.41, 5.74) is 4.44. The molecule has 2 amide bonds. The summed E-state index contributed by atoms with van der Waals surface area (Å²) in [7, 11) is 0. The SMILES string of the molecule is Cc1cccc(NC2=C(c3ccc(C)c(C)c3)C(=O)N(c3ccc(F)c(F)c3)C2=O)c1. The Morgan fingerprint density at radius 1 is 0.774 bits per heavy atom. The van der Waals surface area contributed by atoms with Crippen LogP contribution in [0.15, 0.2) is 66.4 Å². The van der Waals surface area contributed by atoms with Crippen molar-refractivity contribution >= 4 is 28.8 Å². The molecule has 3 aromatic carbocycles. The number of rotatable bonds is 4. The van der Waals surface area contributed by atoms with E-state index in [2.05, 4.69) is 5.32 Å². The number of hydrogen-bond acceptors (Lipinski definition) is 3. The van der Waals surface area contributed by atoms with Gasteiger partial charge in [-0.15, -0.1) is 0 Å². The molecular formula is C25H20F2N2O2. The summed E-state index contributed by atoms with van der Waals surface area (Å²) >= 11 is 0. The Kier molecular flexibility index (Phi) is 5.15. The van der Waals surface area contributed by atoms with Crippen LogP contribution in [-0.4, -0.2) is 11.8 Å². The highest BCUT2D eigenvalue weighted by Gasteiger charge is 2.40. The van der Waals surface area contributed by atoms with Gasteiger partial charge in [0.1, 0.15) is 5.70 Å². The number of carbonyl (C=O) groups excluding carboxylic acids is 2. The maximum Gasteiger partial charge on any atom is 0.282 e. The van der Waals surface area contributed by atoms with Crippen molar-refractivity contribution in [2.24, 2.45) is 0 Å². The van der Waals surface area contributed by atoms with Crippen LogP contribution in [0, 0.1) is 32.4 Å². The summed E-state index contributed by atoms with van der Waals surface area (Å²) in [5.74, 6) is -3.42. The van der Waals surface area contributed by atoms with Crippen molar-refractivity contribution in [1.29, 1.82) is 0 Å². The number of hydrogen-bond donors (Lipinski definition) is 1. The minimum absolute atomic E-state index is 0.0312. The highest BCUT2D eigenvalue weighted by Crippen LogP contribution is 2.35. The van der Waals surface area contributed by atoms with Gasteiger partial charge in [0.2, 0.25) is 0 Å². The number of amides is 2. The lowest BCUT2D eigenvalue weighted by Crippen LogP contribution is -2.32. The van der Waals surface area contributed by atoms with E-state index < -0.39 is 23.4 Å². The number of aryl methyl sites for hydroxylation is 3. The average Bonchev–Trinajstić information content (AvgIpc) is 2.96. The van der Waals surface area contributed by atoms with Gasteiger partial charge in [0.05, 0.1) is 11.3 Å². The highest BCUT2D eigenvalue weighted by molar-refractivity contribution is 6.46. The molecule has 0 saturated carbocycles. The summed E-state index contributed by atoms with van der Waals surface area (Å²) in [4.78, 5) is 27.5. The quantitative estimate of drug-likeness (QED) is 0.586. The van der Waals surface area contributed by atoms with Gasteiger partial charge in [0.25, 0.3) is 11.8 Å². The molecule has 0 aliphatic carbocycles. The Morgan fingerprint density at radius 2 is 1.55 bits per heavy atom. The van der Waals surface area contributed by atoms with Gasteiger partial charge in [-0.05, 0) is 67.3 Å². The Hall–Kier alpha value is -3.80. The molecule has 0 unspecified atom stereocenters.